The quantitative estimate of drug-likeness (QED) is 0.523. The van der Waals surface area contributed by atoms with Crippen molar-refractivity contribution in [1.82, 2.24) is 29.9 Å². The van der Waals surface area contributed by atoms with Gasteiger partial charge in [-0.1, -0.05) is 24.3 Å². The van der Waals surface area contributed by atoms with Crippen molar-refractivity contribution >= 4 is 11.4 Å². The Morgan fingerprint density at radius 2 is 2.04 bits per heavy atom. The fraction of sp³-hybridized carbons (Fsp3) is 0.0588. The van der Waals surface area contributed by atoms with E-state index in [4.69, 9.17) is 0 Å². The predicted octanol–water partition coefficient (Wildman–Crippen LogP) is 1.34. The number of hydrogen-bond acceptors (Lipinski definition) is 4. The Morgan fingerprint density at radius 1 is 1.20 bits per heavy atom. The van der Waals surface area contributed by atoms with Crippen LogP contribution in [0.3, 0.4) is 0 Å². The molecule has 8 nitrogen and oxygen atoms in total. The molecule has 4 rings (SSSR count). The Kier molecular flexibility index (Phi) is 3.62. The van der Waals surface area contributed by atoms with Gasteiger partial charge in [0, 0.05) is 18.3 Å². The average Bonchev–Trinajstić information content (AvgIpc) is 3.31. The number of H-pyrrole nitrogens is 2. The van der Waals surface area contributed by atoms with E-state index in [1.807, 2.05) is 24.3 Å². The molecule has 4 aromatic rings. The molecule has 0 bridgehead atoms. The fourth-order valence-corrected chi connectivity index (χ4v) is 2.58. The summed E-state index contributed by atoms with van der Waals surface area (Å²) in [5.41, 5.74) is 2.40. The van der Waals surface area contributed by atoms with Crippen LogP contribution in [0, 0.1) is 0 Å². The topological polar surface area (TPSA) is 108 Å². The van der Waals surface area contributed by atoms with Crippen LogP contribution in [0.1, 0.15) is 16.1 Å². The summed E-state index contributed by atoms with van der Waals surface area (Å²) in [4.78, 5) is 30.8. The third-order valence-electron chi connectivity index (χ3n) is 3.87. The number of fused-ring (bicyclic) bond motifs is 1. The van der Waals surface area contributed by atoms with Gasteiger partial charge in [0.05, 0.1) is 5.52 Å². The number of aromatic amines is 2. The van der Waals surface area contributed by atoms with Crippen LogP contribution in [0.25, 0.3) is 16.9 Å². The second-order valence-electron chi connectivity index (χ2n) is 5.50. The van der Waals surface area contributed by atoms with Gasteiger partial charge in [0.25, 0.3) is 5.91 Å². The van der Waals surface area contributed by atoms with Gasteiger partial charge in [0.1, 0.15) is 12.0 Å². The van der Waals surface area contributed by atoms with E-state index in [0.717, 1.165) is 11.1 Å². The first kappa shape index (κ1) is 14.9. The number of benzene rings is 1. The second-order valence-corrected chi connectivity index (χ2v) is 5.50. The van der Waals surface area contributed by atoms with Gasteiger partial charge in [0.2, 0.25) is 0 Å². The zero-order chi connectivity index (χ0) is 17.2. The smallest absolute Gasteiger partial charge is 0.330 e. The lowest BCUT2D eigenvalue weighted by atomic mass is 10.1. The van der Waals surface area contributed by atoms with Crippen LogP contribution >= 0.6 is 0 Å². The molecule has 8 heteroatoms. The monoisotopic (exact) mass is 334 g/mol. The van der Waals surface area contributed by atoms with E-state index in [2.05, 4.69) is 25.5 Å². The van der Waals surface area contributed by atoms with E-state index in [-0.39, 0.29) is 17.3 Å². The van der Waals surface area contributed by atoms with Gasteiger partial charge >= 0.3 is 5.69 Å². The average molecular weight is 334 g/mol. The molecule has 0 fully saturated rings. The molecule has 0 aliphatic carbocycles. The molecule has 0 aliphatic heterocycles. The summed E-state index contributed by atoms with van der Waals surface area (Å²) < 4.78 is 1.44. The van der Waals surface area contributed by atoms with Crippen LogP contribution < -0.4 is 11.0 Å². The molecular formula is C17H14N6O2. The zero-order valence-corrected chi connectivity index (χ0v) is 13.1. The minimum atomic E-state index is -0.343. The maximum atomic E-state index is 12.3. The summed E-state index contributed by atoms with van der Waals surface area (Å²) in [5, 5.41) is 9.41. The molecule has 0 aliphatic rings. The van der Waals surface area contributed by atoms with Crippen molar-refractivity contribution in [1.29, 1.82) is 0 Å². The summed E-state index contributed by atoms with van der Waals surface area (Å²) in [6, 6.07) is 12.8. The first-order chi connectivity index (χ1) is 12.2. The summed E-state index contributed by atoms with van der Waals surface area (Å²) in [7, 11) is 0. The van der Waals surface area contributed by atoms with Gasteiger partial charge in [-0.2, -0.15) is 5.10 Å². The van der Waals surface area contributed by atoms with Gasteiger partial charge < -0.3 is 10.3 Å². The van der Waals surface area contributed by atoms with E-state index in [9.17, 15) is 9.59 Å². The van der Waals surface area contributed by atoms with Crippen molar-refractivity contribution in [2.45, 2.75) is 6.54 Å². The van der Waals surface area contributed by atoms with Gasteiger partial charge in [-0.25, -0.2) is 9.78 Å². The Morgan fingerprint density at radius 3 is 2.80 bits per heavy atom. The van der Waals surface area contributed by atoms with Crippen molar-refractivity contribution in [3.8, 4) is 11.4 Å². The first-order valence-corrected chi connectivity index (χ1v) is 7.64. The Bertz CT molecular complexity index is 1080. The van der Waals surface area contributed by atoms with Crippen LogP contribution in [-0.2, 0) is 6.54 Å². The fourth-order valence-electron chi connectivity index (χ4n) is 2.58. The van der Waals surface area contributed by atoms with E-state index < -0.39 is 0 Å². The Labute approximate surface area is 141 Å². The van der Waals surface area contributed by atoms with Crippen LogP contribution in [0.15, 0.2) is 59.8 Å². The first-order valence-electron chi connectivity index (χ1n) is 7.64. The number of aromatic nitrogens is 5. The molecule has 1 aromatic carbocycles. The molecule has 124 valence electrons. The third-order valence-corrected chi connectivity index (χ3v) is 3.87. The summed E-state index contributed by atoms with van der Waals surface area (Å²) in [5.74, 6) is 0.355. The number of amides is 1. The van der Waals surface area contributed by atoms with Crippen molar-refractivity contribution in [2.24, 2.45) is 0 Å². The normalized spacial score (nSPS) is 10.9. The van der Waals surface area contributed by atoms with Crippen molar-refractivity contribution < 1.29 is 4.79 Å². The Balaban J connectivity index is 1.46. The van der Waals surface area contributed by atoms with Gasteiger partial charge in [-0.05, 0) is 23.8 Å². The van der Waals surface area contributed by atoms with Gasteiger partial charge in [0.15, 0.2) is 5.82 Å². The highest BCUT2D eigenvalue weighted by atomic mass is 16.2. The van der Waals surface area contributed by atoms with E-state index >= 15 is 0 Å². The molecule has 0 radical (unpaired) electrons. The largest absolute Gasteiger partial charge is 0.347 e. The Hall–Kier alpha value is -3.68. The van der Waals surface area contributed by atoms with Crippen LogP contribution in [0.2, 0.25) is 0 Å². The number of carbonyl (C=O) groups excluding carboxylic acids is 1. The molecule has 0 unspecified atom stereocenters. The van der Waals surface area contributed by atoms with Crippen LogP contribution in [0.4, 0.5) is 0 Å². The van der Waals surface area contributed by atoms with E-state index in [0.29, 0.717) is 17.9 Å². The standard InChI is InChI=1S/C17H14N6O2/c24-16(14-8-13-2-1-7-23(13)17(25)21-14)18-9-11-3-5-12(6-4-11)15-19-10-20-22-15/h1-8,10H,9H2,(H,18,24)(H,21,25)(H,19,20,22). The lowest BCUT2D eigenvalue weighted by molar-refractivity contribution is 0.0945. The molecular weight excluding hydrogens is 320 g/mol. The molecule has 25 heavy (non-hydrogen) atoms. The minimum absolute atomic E-state index is 0.231. The zero-order valence-electron chi connectivity index (χ0n) is 13.1. The lowest BCUT2D eigenvalue weighted by Crippen LogP contribution is -2.27. The van der Waals surface area contributed by atoms with E-state index in [1.165, 1.54) is 10.7 Å². The lowest BCUT2D eigenvalue weighted by Gasteiger charge is -2.06. The van der Waals surface area contributed by atoms with E-state index in [1.54, 1.807) is 24.4 Å². The third kappa shape index (κ3) is 2.92. The van der Waals surface area contributed by atoms with Crippen LogP contribution in [-0.4, -0.2) is 30.5 Å². The summed E-state index contributed by atoms with van der Waals surface area (Å²) >= 11 is 0. The number of hydrogen-bond donors (Lipinski definition) is 3. The molecule has 0 spiro atoms. The SMILES string of the molecule is O=C(NCc1ccc(-c2ncn[nH]2)cc1)c1cc2cccn2c(=O)[nH]1. The van der Waals surface area contributed by atoms with Crippen molar-refractivity contribution in [3.63, 3.8) is 0 Å². The maximum absolute atomic E-state index is 12.3. The number of nitrogens with one attached hydrogen (secondary N) is 3. The molecule has 0 saturated heterocycles. The minimum Gasteiger partial charge on any atom is -0.347 e. The highest BCUT2D eigenvalue weighted by Gasteiger charge is 2.09. The maximum Gasteiger partial charge on any atom is 0.330 e. The predicted molar refractivity (Wildman–Crippen MR) is 91.0 cm³/mol. The number of carbonyl (C=O) groups is 1. The number of nitrogens with zero attached hydrogens (tertiary/aromatic N) is 3. The molecule has 0 atom stereocenters. The van der Waals surface area contributed by atoms with Crippen molar-refractivity contribution in [2.75, 3.05) is 0 Å². The second kappa shape index (κ2) is 6.08. The number of rotatable bonds is 4. The van der Waals surface area contributed by atoms with Gasteiger partial charge in [-0.3, -0.25) is 14.3 Å². The van der Waals surface area contributed by atoms with Crippen LogP contribution in [0.5, 0.6) is 0 Å². The summed E-state index contributed by atoms with van der Waals surface area (Å²) in [6.45, 7) is 0.351. The van der Waals surface area contributed by atoms with Gasteiger partial charge in [-0.15, -0.1) is 0 Å². The highest BCUT2D eigenvalue weighted by Crippen LogP contribution is 2.14. The molecule has 0 saturated carbocycles. The molecule has 3 N–H and O–H groups in total. The molecule has 1 amide bonds. The summed E-state index contributed by atoms with van der Waals surface area (Å²) in [6.07, 6.45) is 3.10. The molecule has 3 heterocycles. The molecule has 3 aromatic heterocycles. The van der Waals surface area contributed by atoms with Crippen molar-refractivity contribution in [3.05, 3.63) is 76.7 Å². The highest BCUT2D eigenvalue weighted by molar-refractivity contribution is 5.93.